The molecule has 2 aromatic carbocycles. The van der Waals surface area contributed by atoms with Gasteiger partial charge in [-0.2, -0.15) is 8.78 Å². The van der Waals surface area contributed by atoms with Gasteiger partial charge >= 0.3 is 18.0 Å². The summed E-state index contributed by atoms with van der Waals surface area (Å²) in [5.41, 5.74) is -0.252. The molecular weight excluding hydrogens is 528 g/mol. The molecule has 9 heteroatoms. The number of esters is 2. The van der Waals surface area contributed by atoms with Crippen LogP contribution < -0.4 is 4.74 Å². The van der Waals surface area contributed by atoms with Crippen LogP contribution in [0.15, 0.2) is 49.1 Å². The molecule has 0 aliphatic rings. The molecule has 0 aromatic heterocycles. The Bertz CT molecular complexity index is 1060. The van der Waals surface area contributed by atoms with Gasteiger partial charge in [-0.05, 0) is 86.8 Å². The van der Waals surface area contributed by atoms with Crippen molar-refractivity contribution in [3.63, 3.8) is 0 Å². The quantitative estimate of drug-likeness (QED) is 0.0747. The number of carbonyl (C=O) groups excluding carboxylic acids is 2. The lowest BCUT2D eigenvalue weighted by Crippen LogP contribution is -2.25. The van der Waals surface area contributed by atoms with E-state index < -0.39 is 29.3 Å². The highest BCUT2D eigenvalue weighted by Crippen LogP contribution is 2.35. The van der Waals surface area contributed by atoms with E-state index in [1.807, 2.05) is 6.92 Å². The number of ether oxygens (including phenoxy) is 3. The highest BCUT2D eigenvalue weighted by Gasteiger charge is 2.41. The second-order valence-corrected chi connectivity index (χ2v) is 9.51. The molecule has 220 valence electrons. The topological polar surface area (TPSA) is 61.8 Å². The fourth-order valence-corrected chi connectivity index (χ4v) is 4.06. The Morgan fingerprint density at radius 2 is 1.38 bits per heavy atom. The Labute approximate surface area is 233 Å². The molecule has 2 aromatic rings. The van der Waals surface area contributed by atoms with Crippen molar-refractivity contribution in [1.29, 1.82) is 0 Å². The number of hydrogen-bond donors (Lipinski definition) is 0. The van der Waals surface area contributed by atoms with Crippen LogP contribution >= 0.6 is 0 Å². The largest absolute Gasteiger partial charge is 0.466 e. The van der Waals surface area contributed by atoms with E-state index in [4.69, 9.17) is 14.2 Å². The van der Waals surface area contributed by atoms with E-state index in [0.29, 0.717) is 38.7 Å². The minimum atomic E-state index is -4.20. The van der Waals surface area contributed by atoms with E-state index >= 15 is 0 Å². The molecule has 2 rings (SSSR count). The summed E-state index contributed by atoms with van der Waals surface area (Å²) >= 11 is 0. The number of hydrogen-bond acceptors (Lipinski definition) is 5. The van der Waals surface area contributed by atoms with Crippen LogP contribution in [0.5, 0.6) is 5.75 Å². The molecule has 5 nitrogen and oxygen atoms in total. The smallest absolute Gasteiger partial charge is 0.432 e. The Kier molecular flexibility index (Phi) is 14.3. The molecule has 0 N–H and O–H groups in total. The van der Waals surface area contributed by atoms with E-state index in [2.05, 4.69) is 6.58 Å². The predicted octanol–water partition coefficient (Wildman–Crippen LogP) is 7.98. The summed E-state index contributed by atoms with van der Waals surface area (Å²) in [7, 11) is 0. The van der Waals surface area contributed by atoms with Gasteiger partial charge in [0.1, 0.15) is 22.9 Å². The van der Waals surface area contributed by atoms with E-state index in [1.54, 1.807) is 12.1 Å². The molecule has 0 bridgehead atoms. The van der Waals surface area contributed by atoms with Crippen molar-refractivity contribution in [2.75, 3.05) is 13.2 Å². The molecule has 0 saturated heterocycles. The molecular formula is C31H38F4O5. The predicted molar refractivity (Wildman–Crippen MR) is 144 cm³/mol. The molecule has 40 heavy (non-hydrogen) atoms. The monoisotopic (exact) mass is 566 g/mol. The van der Waals surface area contributed by atoms with Gasteiger partial charge < -0.3 is 14.2 Å². The number of carbonyl (C=O) groups is 2. The van der Waals surface area contributed by atoms with E-state index in [9.17, 15) is 27.2 Å². The van der Waals surface area contributed by atoms with Gasteiger partial charge in [-0.15, -0.1) is 0 Å². The standard InChI is InChI=1S/C31H38F4O5/c1-3-12-29(37)39-20-11-7-9-13-23-15-17-25(18-16-23)40-31(34,35)30-26(32)21-24(22-27(30)33)14-8-5-6-10-19-38-28(36)4-2/h4,15-18,21-22H,2-3,5-14,19-20H2,1H3. The lowest BCUT2D eigenvalue weighted by Gasteiger charge is -2.20. The van der Waals surface area contributed by atoms with Crippen molar-refractivity contribution >= 4 is 11.9 Å². The first-order valence-corrected chi connectivity index (χ1v) is 13.7. The van der Waals surface area contributed by atoms with E-state index in [-0.39, 0.29) is 23.9 Å². The van der Waals surface area contributed by atoms with Crippen molar-refractivity contribution in [2.24, 2.45) is 0 Å². The minimum absolute atomic E-state index is 0.195. The summed E-state index contributed by atoms with van der Waals surface area (Å²) in [6.45, 7) is 5.86. The van der Waals surface area contributed by atoms with Crippen molar-refractivity contribution < 1.29 is 41.4 Å². The summed E-state index contributed by atoms with van der Waals surface area (Å²) in [6, 6.07) is 7.78. The van der Waals surface area contributed by atoms with E-state index in [0.717, 1.165) is 62.3 Å². The third-order valence-corrected chi connectivity index (χ3v) is 6.16. The summed E-state index contributed by atoms with van der Waals surface area (Å²) in [5, 5.41) is 0. The van der Waals surface area contributed by atoms with Gasteiger partial charge in [0.2, 0.25) is 0 Å². The van der Waals surface area contributed by atoms with Crippen molar-refractivity contribution in [3.8, 4) is 5.75 Å². The fourth-order valence-electron chi connectivity index (χ4n) is 4.06. The maximum absolute atomic E-state index is 14.7. The average Bonchev–Trinajstić information content (AvgIpc) is 2.90. The highest BCUT2D eigenvalue weighted by atomic mass is 19.3. The minimum Gasteiger partial charge on any atom is -0.466 e. The van der Waals surface area contributed by atoms with Gasteiger partial charge in [-0.3, -0.25) is 4.79 Å². The van der Waals surface area contributed by atoms with Crippen molar-refractivity contribution in [3.05, 3.63) is 77.4 Å². The van der Waals surface area contributed by atoms with Crippen LogP contribution in [0.2, 0.25) is 0 Å². The lowest BCUT2D eigenvalue weighted by molar-refractivity contribution is -0.189. The lowest BCUT2D eigenvalue weighted by atomic mass is 10.0. The van der Waals surface area contributed by atoms with Gasteiger partial charge in [-0.1, -0.05) is 38.5 Å². The van der Waals surface area contributed by atoms with Crippen LogP contribution in [0.1, 0.15) is 81.4 Å². The molecule has 0 radical (unpaired) electrons. The fraction of sp³-hybridized carbons (Fsp3) is 0.484. The number of alkyl halides is 2. The van der Waals surface area contributed by atoms with Gasteiger partial charge in [-0.25, -0.2) is 13.6 Å². The molecule has 0 aliphatic heterocycles. The third-order valence-electron chi connectivity index (χ3n) is 6.16. The molecule has 0 aliphatic carbocycles. The molecule has 0 unspecified atom stereocenters. The number of benzene rings is 2. The normalized spacial score (nSPS) is 11.2. The van der Waals surface area contributed by atoms with Gasteiger partial charge in [0.25, 0.3) is 0 Å². The summed E-state index contributed by atoms with van der Waals surface area (Å²) in [6.07, 6.45) is 4.19. The molecule has 0 atom stereocenters. The number of rotatable bonds is 19. The van der Waals surface area contributed by atoms with E-state index in [1.165, 1.54) is 12.1 Å². The highest BCUT2D eigenvalue weighted by molar-refractivity contribution is 5.81. The van der Waals surface area contributed by atoms with Crippen molar-refractivity contribution in [1.82, 2.24) is 0 Å². The Hall–Kier alpha value is -3.36. The maximum atomic E-state index is 14.7. The number of halogens is 4. The van der Waals surface area contributed by atoms with Crippen LogP contribution in [0.3, 0.4) is 0 Å². The average molecular weight is 567 g/mol. The Morgan fingerprint density at radius 3 is 1.98 bits per heavy atom. The summed E-state index contributed by atoms with van der Waals surface area (Å²) < 4.78 is 73.3. The Morgan fingerprint density at radius 1 is 0.825 bits per heavy atom. The third kappa shape index (κ3) is 11.8. The SMILES string of the molecule is C=CC(=O)OCCCCCCc1cc(F)c(C(F)(F)Oc2ccc(CCCCCOC(=O)CCC)cc2)c(F)c1. The maximum Gasteiger partial charge on any atom is 0.432 e. The molecule has 0 heterocycles. The Balaban J connectivity index is 1.80. The second-order valence-electron chi connectivity index (χ2n) is 9.51. The summed E-state index contributed by atoms with van der Waals surface area (Å²) in [5.74, 6) is -3.63. The van der Waals surface area contributed by atoms with Gasteiger partial charge in [0.05, 0.1) is 13.2 Å². The zero-order chi connectivity index (χ0) is 29.4. The van der Waals surface area contributed by atoms with Crippen LogP contribution in [0, 0.1) is 11.6 Å². The molecule has 0 fully saturated rings. The first-order chi connectivity index (χ1) is 19.2. The zero-order valence-electron chi connectivity index (χ0n) is 23.0. The van der Waals surface area contributed by atoms with Crippen LogP contribution in [0.4, 0.5) is 17.6 Å². The molecule has 0 spiro atoms. The molecule has 0 saturated carbocycles. The second kappa shape index (κ2) is 17.4. The van der Waals surface area contributed by atoms with Gasteiger partial charge in [0.15, 0.2) is 0 Å². The van der Waals surface area contributed by atoms with Gasteiger partial charge in [0, 0.05) is 12.5 Å². The summed E-state index contributed by atoms with van der Waals surface area (Å²) in [4.78, 5) is 22.3. The first-order valence-electron chi connectivity index (χ1n) is 13.7. The number of unbranched alkanes of at least 4 members (excludes halogenated alkanes) is 5. The zero-order valence-corrected chi connectivity index (χ0v) is 23.0. The first kappa shape index (κ1) is 32.8. The molecule has 0 amide bonds. The number of aryl methyl sites for hydroxylation is 2. The van der Waals surface area contributed by atoms with Crippen LogP contribution in [-0.4, -0.2) is 25.2 Å². The van der Waals surface area contributed by atoms with Crippen molar-refractivity contribution in [2.45, 2.75) is 83.7 Å². The van der Waals surface area contributed by atoms with Crippen LogP contribution in [0.25, 0.3) is 0 Å². The van der Waals surface area contributed by atoms with Crippen LogP contribution in [-0.2, 0) is 38.0 Å².